The van der Waals surface area contributed by atoms with E-state index < -0.39 is 0 Å². The summed E-state index contributed by atoms with van der Waals surface area (Å²) >= 11 is 1.77. The van der Waals surface area contributed by atoms with Crippen molar-refractivity contribution in [3.8, 4) is 0 Å². The average Bonchev–Trinajstić information content (AvgIpc) is 2.14. The van der Waals surface area contributed by atoms with Gasteiger partial charge in [-0.1, -0.05) is 6.07 Å². The number of ketones is 1. The number of hydrogen-bond acceptors (Lipinski definition) is 3. The van der Waals surface area contributed by atoms with Crippen molar-refractivity contribution in [3.63, 3.8) is 0 Å². The number of hydrogen-bond donors (Lipinski definition) is 0. The molecule has 0 radical (unpaired) electrons. The first-order valence-corrected chi connectivity index (χ1v) is 5.40. The molecule has 0 saturated carbocycles. The molecule has 0 aliphatic heterocycles. The third-order valence-electron chi connectivity index (χ3n) is 1.59. The number of rotatable bonds is 5. The molecule has 70 valence electrons. The van der Waals surface area contributed by atoms with Crippen LogP contribution in [0.15, 0.2) is 24.5 Å². The Morgan fingerprint density at radius 1 is 1.62 bits per heavy atom. The quantitative estimate of drug-likeness (QED) is 0.675. The van der Waals surface area contributed by atoms with Gasteiger partial charge in [0.1, 0.15) is 5.78 Å². The summed E-state index contributed by atoms with van der Waals surface area (Å²) in [5.41, 5.74) is 1.22. The van der Waals surface area contributed by atoms with Gasteiger partial charge in [0.15, 0.2) is 0 Å². The largest absolute Gasteiger partial charge is 0.300 e. The van der Waals surface area contributed by atoms with Gasteiger partial charge >= 0.3 is 0 Å². The van der Waals surface area contributed by atoms with Crippen LogP contribution in [-0.2, 0) is 10.5 Å². The second-order valence-corrected chi connectivity index (χ2v) is 3.97. The molecule has 3 heteroatoms. The van der Waals surface area contributed by atoms with Crippen LogP contribution >= 0.6 is 11.8 Å². The summed E-state index contributed by atoms with van der Waals surface area (Å²) in [7, 11) is 0. The molecular weight excluding hydrogens is 182 g/mol. The highest BCUT2D eigenvalue weighted by atomic mass is 32.2. The van der Waals surface area contributed by atoms with Crippen LogP contribution in [0.2, 0.25) is 0 Å². The van der Waals surface area contributed by atoms with Crippen LogP contribution in [0, 0.1) is 0 Å². The van der Waals surface area contributed by atoms with Gasteiger partial charge in [-0.3, -0.25) is 9.78 Å². The predicted molar refractivity (Wildman–Crippen MR) is 55.7 cm³/mol. The van der Waals surface area contributed by atoms with Crippen LogP contribution in [-0.4, -0.2) is 16.5 Å². The highest BCUT2D eigenvalue weighted by Gasteiger charge is 1.95. The van der Waals surface area contributed by atoms with Crippen LogP contribution < -0.4 is 0 Å². The molecule has 0 unspecified atom stereocenters. The molecule has 0 fully saturated rings. The maximum atomic E-state index is 10.6. The van der Waals surface area contributed by atoms with Crippen LogP contribution in [0.4, 0.5) is 0 Å². The zero-order chi connectivity index (χ0) is 9.52. The number of carbonyl (C=O) groups is 1. The average molecular weight is 195 g/mol. The fourth-order valence-corrected chi connectivity index (χ4v) is 1.87. The minimum absolute atomic E-state index is 0.263. The Kier molecular flexibility index (Phi) is 4.54. The molecule has 0 bridgehead atoms. The lowest BCUT2D eigenvalue weighted by atomic mass is 10.3. The van der Waals surface area contributed by atoms with E-state index in [4.69, 9.17) is 0 Å². The van der Waals surface area contributed by atoms with Crippen molar-refractivity contribution in [3.05, 3.63) is 30.1 Å². The van der Waals surface area contributed by atoms with E-state index >= 15 is 0 Å². The fourth-order valence-electron chi connectivity index (χ4n) is 0.889. The molecule has 0 atom stereocenters. The van der Waals surface area contributed by atoms with E-state index in [0.717, 1.165) is 11.5 Å². The van der Waals surface area contributed by atoms with Crippen molar-refractivity contribution in [1.29, 1.82) is 0 Å². The van der Waals surface area contributed by atoms with Gasteiger partial charge in [-0.15, -0.1) is 0 Å². The first-order chi connectivity index (χ1) is 6.29. The lowest BCUT2D eigenvalue weighted by molar-refractivity contribution is -0.116. The number of thioether (sulfide) groups is 1. The number of aromatic nitrogens is 1. The lowest BCUT2D eigenvalue weighted by Crippen LogP contribution is -1.92. The first-order valence-electron chi connectivity index (χ1n) is 4.25. The van der Waals surface area contributed by atoms with Gasteiger partial charge in [0.05, 0.1) is 0 Å². The lowest BCUT2D eigenvalue weighted by Gasteiger charge is -1.98. The smallest absolute Gasteiger partial charge is 0.130 e. The Hall–Kier alpha value is -0.830. The molecule has 0 N–H and O–H groups in total. The van der Waals surface area contributed by atoms with Crippen molar-refractivity contribution in [2.75, 3.05) is 5.75 Å². The SMILES string of the molecule is CC(=O)CCSCc1cccnc1. The van der Waals surface area contributed by atoms with Crippen LogP contribution in [0.5, 0.6) is 0 Å². The molecule has 1 aromatic heterocycles. The van der Waals surface area contributed by atoms with E-state index in [0.29, 0.717) is 6.42 Å². The minimum atomic E-state index is 0.263. The second kappa shape index (κ2) is 5.75. The van der Waals surface area contributed by atoms with Gasteiger partial charge in [0.2, 0.25) is 0 Å². The minimum Gasteiger partial charge on any atom is -0.300 e. The topological polar surface area (TPSA) is 30.0 Å². The Balaban J connectivity index is 2.17. The molecule has 0 saturated heterocycles. The van der Waals surface area contributed by atoms with Crippen molar-refractivity contribution < 1.29 is 4.79 Å². The zero-order valence-corrected chi connectivity index (χ0v) is 8.51. The number of carbonyl (C=O) groups excluding carboxylic acids is 1. The van der Waals surface area contributed by atoms with Crippen LogP contribution in [0.3, 0.4) is 0 Å². The Labute approximate surface area is 82.8 Å². The van der Waals surface area contributed by atoms with Gasteiger partial charge in [-0.2, -0.15) is 11.8 Å². The molecule has 13 heavy (non-hydrogen) atoms. The van der Waals surface area contributed by atoms with Crippen molar-refractivity contribution in [2.45, 2.75) is 19.1 Å². The second-order valence-electron chi connectivity index (χ2n) is 2.87. The van der Waals surface area contributed by atoms with Gasteiger partial charge in [-0.05, 0) is 18.6 Å². The number of pyridine rings is 1. The summed E-state index contributed by atoms with van der Waals surface area (Å²) in [5.74, 6) is 2.12. The predicted octanol–water partition coefficient (Wildman–Crippen LogP) is 2.29. The summed E-state index contributed by atoms with van der Waals surface area (Å²) in [5, 5.41) is 0. The fraction of sp³-hybridized carbons (Fsp3) is 0.400. The zero-order valence-electron chi connectivity index (χ0n) is 7.69. The summed E-state index contributed by atoms with van der Waals surface area (Å²) in [4.78, 5) is 14.6. The normalized spacial score (nSPS) is 9.92. The van der Waals surface area contributed by atoms with Crippen LogP contribution in [0.1, 0.15) is 18.9 Å². The molecule has 1 aromatic rings. The summed E-state index contributed by atoms with van der Waals surface area (Å²) in [6, 6.07) is 3.98. The van der Waals surface area contributed by atoms with Crippen molar-refractivity contribution >= 4 is 17.5 Å². The van der Waals surface area contributed by atoms with E-state index in [9.17, 15) is 4.79 Å². The number of Topliss-reactive ketones (excluding diaryl/α,β-unsaturated/α-hetero) is 1. The first kappa shape index (κ1) is 10.3. The van der Waals surface area contributed by atoms with E-state index in [2.05, 4.69) is 4.98 Å². The van der Waals surface area contributed by atoms with Crippen molar-refractivity contribution in [1.82, 2.24) is 4.98 Å². The maximum absolute atomic E-state index is 10.6. The highest BCUT2D eigenvalue weighted by molar-refractivity contribution is 7.98. The molecule has 2 nitrogen and oxygen atoms in total. The van der Waals surface area contributed by atoms with Crippen LogP contribution in [0.25, 0.3) is 0 Å². The van der Waals surface area contributed by atoms with Gasteiger partial charge in [0, 0.05) is 30.3 Å². The molecule has 0 aromatic carbocycles. The van der Waals surface area contributed by atoms with E-state index in [-0.39, 0.29) is 5.78 Å². The third kappa shape index (κ3) is 4.68. The molecule has 1 rings (SSSR count). The number of nitrogens with zero attached hydrogens (tertiary/aromatic N) is 1. The van der Waals surface area contributed by atoms with Gasteiger partial charge in [0.25, 0.3) is 0 Å². The summed E-state index contributed by atoms with van der Waals surface area (Å²) in [6.07, 6.45) is 4.30. The third-order valence-corrected chi connectivity index (χ3v) is 2.62. The Morgan fingerprint density at radius 2 is 2.46 bits per heavy atom. The molecule has 0 spiro atoms. The Morgan fingerprint density at radius 3 is 3.08 bits per heavy atom. The Bertz CT molecular complexity index is 261. The van der Waals surface area contributed by atoms with E-state index in [1.165, 1.54) is 5.56 Å². The molecule has 1 heterocycles. The van der Waals surface area contributed by atoms with E-state index in [1.54, 1.807) is 24.9 Å². The van der Waals surface area contributed by atoms with Gasteiger partial charge in [-0.25, -0.2) is 0 Å². The maximum Gasteiger partial charge on any atom is 0.130 e. The molecule has 0 amide bonds. The molecule has 0 aliphatic rings. The standard InChI is InChI=1S/C10H13NOS/c1-9(12)4-6-13-8-10-3-2-5-11-7-10/h2-3,5,7H,4,6,8H2,1H3. The van der Waals surface area contributed by atoms with Gasteiger partial charge < -0.3 is 0 Å². The highest BCUT2D eigenvalue weighted by Crippen LogP contribution is 2.11. The summed E-state index contributed by atoms with van der Waals surface area (Å²) in [6.45, 7) is 1.63. The van der Waals surface area contributed by atoms with Crippen molar-refractivity contribution in [2.24, 2.45) is 0 Å². The molecular formula is C10H13NOS. The molecule has 0 aliphatic carbocycles. The monoisotopic (exact) mass is 195 g/mol. The summed E-state index contributed by atoms with van der Waals surface area (Å²) < 4.78 is 0. The van der Waals surface area contributed by atoms with E-state index in [1.807, 2.05) is 18.3 Å².